The number of tetrazole rings is 1. The molecule has 8 nitrogen and oxygen atoms in total. The average Bonchev–Trinajstić information content (AvgIpc) is 3.54. The van der Waals surface area contributed by atoms with Gasteiger partial charge in [0.25, 0.3) is 0 Å². The Morgan fingerprint density at radius 3 is 2.40 bits per heavy atom. The molecular weight excluding hydrogens is 520 g/mol. The summed E-state index contributed by atoms with van der Waals surface area (Å²) >= 11 is 0. The Kier molecular flexibility index (Phi) is 7.53. The summed E-state index contributed by atoms with van der Waals surface area (Å²) in [6.45, 7) is 6.09. The van der Waals surface area contributed by atoms with E-state index in [1.165, 1.54) is 48.5 Å². The van der Waals surface area contributed by atoms with Gasteiger partial charge in [0, 0.05) is 37.3 Å². The largest absolute Gasteiger partial charge is 0.324 e. The lowest BCUT2D eigenvalue weighted by Gasteiger charge is -2.36. The fourth-order valence-electron chi connectivity index (χ4n) is 6.11. The van der Waals surface area contributed by atoms with Crippen LogP contribution < -0.4 is 4.90 Å². The number of anilines is 2. The molecule has 1 aliphatic heterocycles. The molecule has 1 fully saturated rings. The third kappa shape index (κ3) is 5.59. The van der Waals surface area contributed by atoms with E-state index >= 15 is 0 Å². The van der Waals surface area contributed by atoms with Crippen LogP contribution >= 0.6 is 0 Å². The molecule has 0 saturated heterocycles. The molecule has 1 aliphatic carbocycles. The number of imidazole rings is 1. The Hall–Kier alpha value is -4.30. The lowest BCUT2D eigenvalue weighted by Crippen LogP contribution is -2.41. The average molecular weight is 559 g/mol. The number of H-pyrrole nitrogens is 1. The van der Waals surface area contributed by atoms with E-state index in [9.17, 15) is 0 Å². The maximum atomic E-state index is 5.35. The first-order valence-electron chi connectivity index (χ1n) is 15.3. The van der Waals surface area contributed by atoms with E-state index in [4.69, 9.17) is 4.98 Å². The number of nitrogens with zero attached hydrogens (tertiary/aromatic N) is 7. The first-order chi connectivity index (χ1) is 20.8. The fourth-order valence-corrected chi connectivity index (χ4v) is 6.11. The number of nitrogens with one attached hydrogen (secondary N) is 1. The number of hydrogen-bond donors (Lipinski definition) is 1. The van der Waals surface area contributed by atoms with Gasteiger partial charge < -0.3 is 9.47 Å². The van der Waals surface area contributed by atoms with Crippen LogP contribution in [0.1, 0.15) is 56.1 Å². The molecule has 0 radical (unpaired) electrons. The number of fused-ring (bicyclic) bond motifs is 1. The van der Waals surface area contributed by atoms with Crippen molar-refractivity contribution in [2.24, 2.45) is 5.92 Å². The van der Waals surface area contributed by atoms with Crippen molar-refractivity contribution < 1.29 is 0 Å². The van der Waals surface area contributed by atoms with Crippen molar-refractivity contribution in [2.45, 2.75) is 58.5 Å². The first-order valence-corrected chi connectivity index (χ1v) is 15.3. The van der Waals surface area contributed by atoms with E-state index in [-0.39, 0.29) is 0 Å². The summed E-state index contributed by atoms with van der Waals surface area (Å²) < 4.78 is 2.52. The van der Waals surface area contributed by atoms with Gasteiger partial charge in [-0.25, -0.2) is 4.98 Å². The van der Waals surface area contributed by atoms with Gasteiger partial charge in [0.1, 0.15) is 5.82 Å². The fraction of sp³-hybridized carbons (Fsp3) is 0.353. The van der Waals surface area contributed by atoms with Gasteiger partial charge in [0.2, 0.25) is 5.82 Å². The van der Waals surface area contributed by atoms with Gasteiger partial charge in [-0.2, -0.15) is 5.21 Å². The zero-order chi connectivity index (χ0) is 28.3. The Labute approximate surface area is 247 Å². The summed E-state index contributed by atoms with van der Waals surface area (Å²) in [5.41, 5.74) is 7.04. The summed E-state index contributed by atoms with van der Waals surface area (Å²) in [5.74, 6) is 3.78. The van der Waals surface area contributed by atoms with Crippen molar-refractivity contribution in [3.63, 3.8) is 0 Å². The smallest absolute Gasteiger partial charge is 0.205 e. The van der Waals surface area contributed by atoms with Gasteiger partial charge >= 0.3 is 0 Å². The predicted molar refractivity (Wildman–Crippen MR) is 166 cm³/mol. The van der Waals surface area contributed by atoms with Crippen molar-refractivity contribution >= 4 is 11.5 Å². The summed E-state index contributed by atoms with van der Waals surface area (Å²) in [6.07, 6.45) is 7.31. The van der Waals surface area contributed by atoms with Gasteiger partial charge in [0.15, 0.2) is 5.82 Å². The van der Waals surface area contributed by atoms with Crippen molar-refractivity contribution in [1.29, 1.82) is 0 Å². The number of benzene rings is 3. The molecule has 1 saturated carbocycles. The second kappa shape index (κ2) is 11.9. The third-order valence-corrected chi connectivity index (χ3v) is 8.50. The minimum absolute atomic E-state index is 0.607. The Morgan fingerprint density at radius 1 is 0.881 bits per heavy atom. The molecule has 2 aliphatic rings. The molecule has 0 unspecified atom stereocenters. The molecule has 0 spiro atoms. The van der Waals surface area contributed by atoms with E-state index in [0.29, 0.717) is 5.82 Å². The second-order valence-corrected chi connectivity index (χ2v) is 11.7. The number of aryl methyl sites for hydroxylation is 1. The van der Waals surface area contributed by atoms with Crippen LogP contribution in [0, 0.1) is 5.92 Å². The van der Waals surface area contributed by atoms with E-state index in [2.05, 4.69) is 109 Å². The van der Waals surface area contributed by atoms with Gasteiger partial charge in [-0.15, -0.1) is 10.2 Å². The van der Waals surface area contributed by atoms with Crippen molar-refractivity contribution in [3.8, 4) is 22.5 Å². The lowest BCUT2D eigenvalue weighted by molar-refractivity contribution is 0.243. The van der Waals surface area contributed by atoms with Crippen LogP contribution in [0.15, 0.2) is 78.9 Å². The number of unbranched alkanes of at least 4 members (excludes halogenated alkanes) is 2. The predicted octanol–water partition coefficient (Wildman–Crippen LogP) is 6.83. The van der Waals surface area contributed by atoms with E-state index in [1.54, 1.807) is 0 Å². The minimum Gasteiger partial charge on any atom is -0.324 e. The number of aromatic amines is 1. The highest BCUT2D eigenvalue weighted by Crippen LogP contribution is 2.38. The monoisotopic (exact) mass is 558 g/mol. The molecule has 3 aromatic carbocycles. The molecule has 5 aromatic rings. The minimum atomic E-state index is 0.607. The molecule has 42 heavy (non-hydrogen) atoms. The molecule has 0 bridgehead atoms. The van der Waals surface area contributed by atoms with Gasteiger partial charge in [-0.1, -0.05) is 86.5 Å². The van der Waals surface area contributed by atoms with Crippen LogP contribution in [0.2, 0.25) is 0 Å². The SMILES string of the molecule is CCCCCc1nc2c(n1Cc1ccc(-c3ccccc3-c3nn[nH]n3)cc1)CN(CC1CC1)CN2c1ccccc1. The topological polar surface area (TPSA) is 78.8 Å². The number of rotatable bonds is 11. The molecule has 214 valence electrons. The summed E-state index contributed by atoms with van der Waals surface area (Å²) in [5, 5.41) is 14.8. The van der Waals surface area contributed by atoms with Crippen LogP contribution in [0.5, 0.6) is 0 Å². The zero-order valence-corrected chi connectivity index (χ0v) is 24.3. The molecule has 2 aromatic heterocycles. The van der Waals surface area contributed by atoms with Crippen molar-refractivity contribution in [1.82, 2.24) is 35.1 Å². The Morgan fingerprint density at radius 2 is 1.67 bits per heavy atom. The van der Waals surface area contributed by atoms with Crippen LogP contribution in [-0.4, -0.2) is 48.3 Å². The number of hydrogen-bond acceptors (Lipinski definition) is 6. The quantitative estimate of drug-likeness (QED) is 0.179. The number of para-hydroxylation sites is 1. The summed E-state index contributed by atoms with van der Waals surface area (Å²) in [6, 6.07) is 27.9. The van der Waals surface area contributed by atoms with Crippen molar-refractivity contribution in [3.05, 3.63) is 95.9 Å². The molecule has 0 amide bonds. The number of aromatic nitrogens is 6. The van der Waals surface area contributed by atoms with Crippen molar-refractivity contribution in [2.75, 3.05) is 18.1 Å². The van der Waals surface area contributed by atoms with Gasteiger partial charge in [-0.3, -0.25) is 4.90 Å². The highest BCUT2D eigenvalue weighted by Gasteiger charge is 2.33. The van der Waals surface area contributed by atoms with Crippen LogP contribution in [0.4, 0.5) is 11.5 Å². The Balaban J connectivity index is 1.22. The summed E-state index contributed by atoms with van der Waals surface area (Å²) in [7, 11) is 0. The van der Waals surface area contributed by atoms with E-state index in [1.807, 2.05) is 12.1 Å². The molecular formula is C34H38N8. The van der Waals surface area contributed by atoms with E-state index < -0.39 is 0 Å². The maximum absolute atomic E-state index is 5.35. The standard InChI is InChI=1S/C34H38N8/c1-2-3-5-14-32-35-34-31(23-40(21-25-15-16-25)24-42(34)28-10-6-4-7-11-28)41(32)22-26-17-19-27(20-18-26)29-12-8-9-13-30(29)33-36-38-39-37-33/h4,6-13,17-20,25H,2-3,5,14-16,21-24H2,1H3,(H,36,37,38,39). The van der Waals surface area contributed by atoms with Gasteiger partial charge in [0.05, 0.1) is 12.4 Å². The zero-order valence-electron chi connectivity index (χ0n) is 24.3. The van der Waals surface area contributed by atoms with Crippen LogP contribution in [-0.2, 0) is 19.5 Å². The lowest BCUT2D eigenvalue weighted by atomic mass is 9.98. The third-order valence-electron chi connectivity index (χ3n) is 8.50. The van der Waals surface area contributed by atoms with Crippen LogP contribution in [0.3, 0.4) is 0 Å². The molecule has 0 atom stereocenters. The molecule has 7 rings (SSSR count). The normalized spacial score (nSPS) is 15.2. The summed E-state index contributed by atoms with van der Waals surface area (Å²) in [4.78, 5) is 10.4. The maximum Gasteiger partial charge on any atom is 0.205 e. The molecule has 8 heteroatoms. The molecule has 1 N–H and O–H groups in total. The van der Waals surface area contributed by atoms with Gasteiger partial charge in [-0.05, 0) is 59.2 Å². The van der Waals surface area contributed by atoms with E-state index in [0.717, 1.165) is 67.6 Å². The highest BCUT2D eigenvalue weighted by molar-refractivity contribution is 5.80. The highest BCUT2D eigenvalue weighted by atomic mass is 15.5. The second-order valence-electron chi connectivity index (χ2n) is 11.7. The van der Waals surface area contributed by atoms with Crippen LogP contribution in [0.25, 0.3) is 22.5 Å². The first kappa shape index (κ1) is 26.6. The molecule has 3 heterocycles. The Bertz CT molecular complexity index is 1600.